The number of aryl methyl sites for hydroxylation is 1. The van der Waals surface area contributed by atoms with Gasteiger partial charge in [0, 0.05) is 23.7 Å². The Kier molecular flexibility index (Phi) is 3.20. The molecule has 0 saturated heterocycles. The van der Waals surface area contributed by atoms with Crippen molar-refractivity contribution in [3.63, 3.8) is 0 Å². The molecule has 0 aliphatic carbocycles. The number of halogens is 1. The monoisotopic (exact) mass is 248 g/mol. The second kappa shape index (κ2) is 4.39. The highest BCUT2D eigenvalue weighted by Gasteiger charge is 2.22. The summed E-state index contributed by atoms with van der Waals surface area (Å²) in [6.45, 7) is 6.89. The SMILES string of the molecule is Cc1ccc2ccn(CC(C)(C)N(C)C)c2c1F. The van der Waals surface area contributed by atoms with Crippen LogP contribution >= 0.6 is 0 Å². The summed E-state index contributed by atoms with van der Waals surface area (Å²) in [6.07, 6.45) is 1.97. The van der Waals surface area contributed by atoms with Crippen molar-refractivity contribution in [1.82, 2.24) is 9.47 Å². The molecular weight excluding hydrogens is 227 g/mol. The first-order valence-corrected chi connectivity index (χ1v) is 6.24. The van der Waals surface area contributed by atoms with Crippen LogP contribution in [-0.2, 0) is 6.54 Å². The van der Waals surface area contributed by atoms with Gasteiger partial charge >= 0.3 is 0 Å². The molecule has 0 atom stereocenters. The Morgan fingerprint density at radius 2 is 1.89 bits per heavy atom. The molecule has 0 fully saturated rings. The van der Waals surface area contributed by atoms with Crippen molar-refractivity contribution >= 4 is 10.9 Å². The fourth-order valence-electron chi connectivity index (χ4n) is 2.04. The Hall–Kier alpha value is -1.35. The fourth-order valence-corrected chi connectivity index (χ4v) is 2.04. The van der Waals surface area contributed by atoms with E-state index in [-0.39, 0.29) is 11.4 Å². The highest BCUT2D eigenvalue weighted by molar-refractivity contribution is 5.81. The van der Waals surface area contributed by atoms with Crippen LogP contribution in [0.4, 0.5) is 4.39 Å². The van der Waals surface area contributed by atoms with Crippen molar-refractivity contribution in [2.24, 2.45) is 0 Å². The summed E-state index contributed by atoms with van der Waals surface area (Å²) in [5, 5.41) is 0.965. The van der Waals surface area contributed by atoms with Gasteiger partial charge < -0.3 is 9.47 Å². The van der Waals surface area contributed by atoms with Crippen molar-refractivity contribution in [2.45, 2.75) is 32.9 Å². The highest BCUT2D eigenvalue weighted by Crippen LogP contribution is 2.24. The van der Waals surface area contributed by atoms with Gasteiger partial charge in [0.2, 0.25) is 0 Å². The van der Waals surface area contributed by atoms with E-state index in [2.05, 4.69) is 18.7 Å². The fraction of sp³-hybridized carbons (Fsp3) is 0.467. The number of aromatic nitrogens is 1. The first kappa shape index (κ1) is 13.1. The Balaban J connectivity index is 2.50. The van der Waals surface area contributed by atoms with Crippen LogP contribution in [0.5, 0.6) is 0 Å². The summed E-state index contributed by atoms with van der Waals surface area (Å²) >= 11 is 0. The van der Waals surface area contributed by atoms with Crippen molar-refractivity contribution in [2.75, 3.05) is 14.1 Å². The van der Waals surface area contributed by atoms with E-state index in [9.17, 15) is 4.39 Å². The number of likely N-dealkylation sites (N-methyl/N-ethyl adjacent to an activating group) is 1. The van der Waals surface area contributed by atoms with Gasteiger partial charge in [-0.15, -0.1) is 0 Å². The maximum Gasteiger partial charge on any atom is 0.150 e. The molecule has 0 unspecified atom stereocenters. The third-order valence-corrected chi connectivity index (χ3v) is 3.83. The van der Waals surface area contributed by atoms with Gasteiger partial charge in [-0.3, -0.25) is 0 Å². The van der Waals surface area contributed by atoms with Gasteiger partial charge in [-0.2, -0.15) is 0 Å². The molecule has 3 heteroatoms. The lowest BCUT2D eigenvalue weighted by atomic mass is 10.0. The number of benzene rings is 1. The summed E-state index contributed by atoms with van der Waals surface area (Å²) in [5.74, 6) is -0.105. The van der Waals surface area contributed by atoms with E-state index in [1.54, 1.807) is 0 Å². The van der Waals surface area contributed by atoms with Gasteiger partial charge in [0.15, 0.2) is 0 Å². The van der Waals surface area contributed by atoms with Gasteiger partial charge in [-0.25, -0.2) is 4.39 Å². The van der Waals surface area contributed by atoms with Crippen LogP contribution in [0.2, 0.25) is 0 Å². The predicted molar refractivity (Wildman–Crippen MR) is 74.4 cm³/mol. The van der Waals surface area contributed by atoms with Crippen LogP contribution in [0.1, 0.15) is 19.4 Å². The maximum atomic E-state index is 14.2. The molecule has 0 bridgehead atoms. The zero-order chi connectivity index (χ0) is 13.5. The summed E-state index contributed by atoms with van der Waals surface area (Å²) in [5.41, 5.74) is 1.40. The maximum absolute atomic E-state index is 14.2. The number of rotatable bonds is 3. The van der Waals surface area contributed by atoms with E-state index in [1.165, 1.54) is 0 Å². The van der Waals surface area contributed by atoms with Gasteiger partial charge in [-0.05, 0) is 46.5 Å². The Morgan fingerprint density at radius 3 is 2.50 bits per heavy atom. The molecule has 18 heavy (non-hydrogen) atoms. The molecule has 1 aromatic carbocycles. The number of nitrogens with zero attached hydrogens (tertiary/aromatic N) is 2. The van der Waals surface area contributed by atoms with E-state index < -0.39 is 0 Å². The zero-order valence-corrected chi connectivity index (χ0v) is 11.8. The molecular formula is C15H21FN2. The standard InChI is InChI=1S/C15H21FN2/c1-11-6-7-12-8-9-18(14(12)13(11)16)10-15(2,3)17(4)5/h6-9H,10H2,1-5H3. The second-order valence-electron chi connectivity index (χ2n) is 5.78. The summed E-state index contributed by atoms with van der Waals surface area (Å²) in [4.78, 5) is 2.16. The molecule has 2 rings (SSSR count). The molecule has 98 valence electrons. The molecule has 1 aromatic heterocycles. The summed E-state index contributed by atoms with van der Waals surface area (Å²) in [7, 11) is 4.10. The average Bonchev–Trinajstić information content (AvgIpc) is 2.66. The second-order valence-corrected chi connectivity index (χ2v) is 5.78. The molecule has 1 heterocycles. The molecule has 0 amide bonds. The van der Waals surface area contributed by atoms with Crippen LogP contribution in [0.15, 0.2) is 24.4 Å². The Labute approximate surface area is 108 Å². The first-order valence-electron chi connectivity index (χ1n) is 6.24. The number of hydrogen-bond acceptors (Lipinski definition) is 1. The van der Waals surface area contributed by atoms with E-state index in [0.29, 0.717) is 11.1 Å². The molecule has 2 nitrogen and oxygen atoms in total. The third-order valence-electron chi connectivity index (χ3n) is 3.83. The van der Waals surface area contributed by atoms with E-state index >= 15 is 0 Å². The largest absolute Gasteiger partial charge is 0.343 e. The summed E-state index contributed by atoms with van der Waals surface area (Å²) in [6, 6.07) is 5.79. The lowest BCUT2D eigenvalue weighted by Gasteiger charge is -2.33. The van der Waals surface area contributed by atoms with Crippen LogP contribution in [0.3, 0.4) is 0 Å². The van der Waals surface area contributed by atoms with Crippen LogP contribution in [0.25, 0.3) is 10.9 Å². The van der Waals surface area contributed by atoms with Crippen molar-refractivity contribution in [3.05, 3.63) is 35.8 Å². The quantitative estimate of drug-likeness (QED) is 0.808. The summed E-state index contributed by atoms with van der Waals surface area (Å²) < 4.78 is 16.2. The predicted octanol–water partition coefficient (Wildman–Crippen LogP) is 3.43. The molecule has 0 spiro atoms. The van der Waals surface area contributed by atoms with Crippen molar-refractivity contribution in [1.29, 1.82) is 0 Å². The minimum absolute atomic E-state index is 0.0118. The van der Waals surface area contributed by atoms with Crippen LogP contribution < -0.4 is 0 Å². The topological polar surface area (TPSA) is 8.17 Å². The minimum Gasteiger partial charge on any atom is -0.343 e. The van der Waals surface area contributed by atoms with Gasteiger partial charge in [0.05, 0.1) is 5.52 Å². The van der Waals surface area contributed by atoms with Gasteiger partial charge in [0.1, 0.15) is 5.82 Å². The van der Waals surface area contributed by atoms with E-state index in [1.807, 2.05) is 50.0 Å². The minimum atomic E-state index is -0.105. The molecule has 2 aromatic rings. The van der Waals surface area contributed by atoms with Crippen LogP contribution in [-0.4, -0.2) is 29.1 Å². The van der Waals surface area contributed by atoms with E-state index in [4.69, 9.17) is 0 Å². The van der Waals surface area contributed by atoms with Gasteiger partial charge in [0.25, 0.3) is 0 Å². The Bertz CT molecular complexity index is 567. The first-order chi connectivity index (χ1) is 8.33. The van der Waals surface area contributed by atoms with Gasteiger partial charge in [-0.1, -0.05) is 12.1 Å². The molecule has 0 N–H and O–H groups in total. The lowest BCUT2D eigenvalue weighted by Crippen LogP contribution is -2.41. The van der Waals surface area contributed by atoms with E-state index in [0.717, 1.165) is 11.9 Å². The van der Waals surface area contributed by atoms with Crippen molar-refractivity contribution < 1.29 is 4.39 Å². The molecule has 0 aliphatic heterocycles. The van der Waals surface area contributed by atoms with Crippen molar-refractivity contribution in [3.8, 4) is 0 Å². The smallest absolute Gasteiger partial charge is 0.150 e. The molecule has 0 saturated carbocycles. The molecule has 0 aliphatic rings. The zero-order valence-electron chi connectivity index (χ0n) is 11.8. The normalized spacial score (nSPS) is 12.6. The Morgan fingerprint density at radius 1 is 1.22 bits per heavy atom. The molecule has 0 radical (unpaired) electrons. The highest BCUT2D eigenvalue weighted by atomic mass is 19.1. The average molecular weight is 248 g/mol. The number of fused-ring (bicyclic) bond motifs is 1. The third kappa shape index (κ3) is 2.15. The van der Waals surface area contributed by atoms with Crippen LogP contribution in [0, 0.1) is 12.7 Å². The lowest BCUT2D eigenvalue weighted by molar-refractivity contribution is 0.171. The number of hydrogen-bond donors (Lipinski definition) is 0.